The van der Waals surface area contributed by atoms with Crippen LogP contribution in [0.2, 0.25) is 0 Å². The highest BCUT2D eigenvalue weighted by atomic mass is 35.5. The van der Waals surface area contributed by atoms with Crippen molar-refractivity contribution in [3.8, 4) is 0 Å². The number of hydrogen-bond acceptors (Lipinski definition) is 2. The minimum atomic E-state index is 0. The first-order valence-corrected chi connectivity index (χ1v) is 6.84. The van der Waals surface area contributed by atoms with E-state index in [-0.39, 0.29) is 12.4 Å². The van der Waals surface area contributed by atoms with Gasteiger partial charge in [-0.1, -0.05) is 13.3 Å². The summed E-state index contributed by atoms with van der Waals surface area (Å²) < 4.78 is 0. The third-order valence-electron chi connectivity index (χ3n) is 3.95. The third kappa shape index (κ3) is 3.59. The van der Waals surface area contributed by atoms with E-state index in [0.717, 1.165) is 51.7 Å². The second-order valence-corrected chi connectivity index (χ2v) is 5.14. The molecule has 1 saturated carbocycles. The number of carbonyl (C=O) groups is 1. The highest BCUT2D eigenvalue weighted by Crippen LogP contribution is 2.29. The molecule has 1 aliphatic heterocycles. The van der Waals surface area contributed by atoms with Gasteiger partial charge >= 0.3 is 0 Å². The van der Waals surface area contributed by atoms with Gasteiger partial charge in [0.1, 0.15) is 0 Å². The molecule has 0 bridgehead atoms. The molecule has 2 aliphatic rings. The molecular formula is C13H25ClN2O. The highest BCUT2D eigenvalue weighted by molar-refractivity contribution is 5.85. The van der Waals surface area contributed by atoms with Gasteiger partial charge in [0, 0.05) is 18.5 Å². The maximum atomic E-state index is 12.3. The number of nitrogens with zero attached hydrogens (tertiary/aromatic N) is 1. The Morgan fingerprint density at radius 3 is 2.35 bits per heavy atom. The van der Waals surface area contributed by atoms with Gasteiger partial charge in [-0.2, -0.15) is 0 Å². The number of piperidine rings is 1. The molecule has 2 fully saturated rings. The lowest BCUT2D eigenvalue weighted by Gasteiger charge is -2.38. The summed E-state index contributed by atoms with van der Waals surface area (Å²) >= 11 is 0. The van der Waals surface area contributed by atoms with E-state index in [0.29, 0.717) is 17.9 Å². The fourth-order valence-electron chi connectivity index (χ4n) is 2.72. The summed E-state index contributed by atoms with van der Waals surface area (Å²) in [6, 6.07) is 0.509. The Morgan fingerprint density at radius 2 is 1.88 bits per heavy atom. The van der Waals surface area contributed by atoms with Gasteiger partial charge in [0.25, 0.3) is 0 Å². The average molecular weight is 261 g/mol. The van der Waals surface area contributed by atoms with Crippen LogP contribution in [-0.4, -0.2) is 36.5 Å². The van der Waals surface area contributed by atoms with Gasteiger partial charge in [0.05, 0.1) is 0 Å². The predicted molar refractivity (Wildman–Crippen MR) is 72.5 cm³/mol. The lowest BCUT2D eigenvalue weighted by molar-refractivity contribution is -0.141. The number of nitrogens with one attached hydrogen (secondary N) is 1. The number of halogens is 1. The van der Waals surface area contributed by atoms with E-state index in [9.17, 15) is 4.79 Å². The number of rotatable bonds is 4. The van der Waals surface area contributed by atoms with Gasteiger partial charge in [-0.05, 0) is 45.2 Å². The second-order valence-electron chi connectivity index (χ2n) is 5.14. The van der Waals surface area contributed by atoms with Crippen LogP contribution in [-0.2, 0) is 4.79 Å². The molecule has 0 unspecified atom stereocenters. The Labute approximate surface area is 111 Å². The van der Waals surface area contributed by atoms with Crippen molar-refractivity contribution in [2.45, 2.75) is 51.5 Å². The van der Waals surface area contributed by atoms with Crippen LogP contribution >= 0.6 is 12.4 Å². The number of hydrogen-bond donors (Lipinski definition) is 1. The highest BCUT2D eigenvalue weighted by Gasteiger charge is 2.32. The molecular weight excluding hydrogens is 236 g/mol. The summed E-state index contributed by atoms with van der Waals surface area (Å²) in [5.41, 5.74) is 0. The Morgan fingerprint density at radius 1 is 1.24 bits per heavy atom. The van der Waals surface area contributed by atoms with Crippen LogP contribution in [0.1, 0.15) is 45.4 Å². The summed E-state index contributed by atoms with van der Waals surface area (Å²) in [5.74, 6) is 0.807. The third-order valence-corrected chi connectivity index (χ3v) is 3.95. The van der Waals surface area contributed by atoms with Gasteiger partial charge in [-0.25, -0.2) is 0 Å². The van der Waals surface area contributed by atoms with Crippen molar-refractivity contribution in [3.05, 3.63) is 0 Å². The Kier molecular flexibility index (Phi) is 6.28. The van der Waals surface area contributed by atoms with Crippen molar-refractivity contribution < 1.29 is 4.79 Å². The van der Waals surface area contributed by atoms with Gasteiger partial charge in [-0.15, -0.1) is 12.4 Å². The first-order valence-electron chi connectivity index (χ1n) is 6.84. The zero-order chi connectivity index (χ0) is 11.4. The maximum absolute atomic E-state index is 12.3. The molecule has 0 radical (unpaired) electrons. The Balaban J connectivity index is 0.00000144. The number of carbonyl (C=O) groups excluding carboxylic acids is 1. The molecule has 1 heterocycles. The smallest absolute Gasteiger partial charge is 0.225 e. The van der Waals surface area contributed by atoms with Crippen LogP contribution in [0.3, 0.4) is 0 Å². The van der Waals surface area contributed by atoms with Crippen molar-refractivity contribution >= 4 is 18.3 Å². The summed E-state index contributed by atoms with van der Waals surface area (Å²) in [6.45, 7) is 5.27. The zero-order valence-electron chi connectivity index (χ0n) is 10.8. The van der Waals surface area contributed by atoms with E-state index in [2.05, 4.69) is 17.1 Å². The van der Waals surface area contributed by atoms with Gasteiger partial charge in [0.15, 0.2) is 0 Å². The standard InChI is InChI=1S/C13H24N2O.ClH/c1-2-10-15(12-6-8-14-9-7-12)13(16)11-4-3-5-11;/h11-12,14H,2-10H2,1H3;1H. The van der Waals surface area contributed by atoms with Gasteiger partial charge in [-0.3, -0.25) is 4.79 Å². The van der Waals surface area contributed by atoms with Crippen LogP contribution < -0.4 is 5.32 Å². The molecule has 1 N–H and O–H groups in total. The van der Waals surface area contributed by atoms with Crippen molar-refractivity contribution in [2.75, 3.05) is 19.6 Å². The summed E-state index contributed by atoms with van der Waals surface area (Å²) in [5, 5.41) is 3.37. The van der Waals surface area contributed by atoms with Crippen molar-refractivity contribution in [1.29, 1.82) is 0 Å². The quantitative estimate of drug-likeness (QED) is 0.841. The van der Waals surface area contributed by atoms with Gasteiger partial charge in [0.2, 0.25) is 5.91 Å². The first kappa shape index (κ1) is 14.8. The normalized spacial score (nSPS) is 21.5. The van der Waals surface area contributed by atoms with E-state index in [4.69, 9.17) is 0 Å². The summed E-state index contributed by atoms with van der Waals surface area (Å²) in [4.78, 5) is 14.5. The molecule has 4 heteroatoms. The number of amides is 1. The lowest BCUT2D eigenvalue weighted by Crippen LogP contribution is -2.49. The van der Waals surface area contributed by atoms with E-state index < -0.39 is 0 Å². The first-order chi connectivity index (χ1) is 7.83. The summed E-state index contributed by atoms with van der Waals surface area (Å²) in [6.07, 6.45) is 6.87. The maximum Gasteiger partial charge on any atom is 0.225 e. The molecule has 1 saturated heterocycles. The minimum Gasteiger partial charge on any atom is -0.339 e. The molecule has 100 valence electrons. The Hall–Kier alpha value is -0.280. The second kappa shape index (κ2) is 7.22. The Bertz CT molecular complexity index is 238. The average Bonchev–Trinajstić information content (AvgIpc) is 2.24. The minimum absolute atomic E-state index is 0. The van der Waals surface area contributed by atoms with E-state index in [1.165, 1.54) is 6.42 Å². The molecule has 17 heavy (non-hydrogen) atoms. The lowest BCUT2D eigenvalue weighted by atomic mass is 9.83. The van der Waals surface area contributed by atoms with E-state index in [1.54, 1.807) is 0 Å². The zero-order valence-corrected chi connectivity index (χ0v) is 11.6. The fourth-order valence-corrected chi connectivity index (χ4v) is 2.72. The van der Waals surface area contributed by atoms with Crippen LogP contribution in [0, 0.1) is 5.92 Å². The fraction of sp³-hybridized carbons (Fsp3) is 0.923. The van der Waals surface area contributed by atoms with E-state index >= 15 is 0 Å². The molecule has 2 rings (SSSR count). The molecule has 1 amide bonds. The van der Waals surface area contributed by atoms with Crippen molar-refractivity contribution in [3.63, 3.8) is 0 Å². The SMILES string of the molecule is CCCN(C(=O)C1CCC1)C1CCNCC1.Cl. The van der Waals surface area contributed by atoms with E-state index in [1.807, 2.05) is 0 Å². The van der Waals surface area contributed by atoms with Crippen LogP contribution in [0.5, 0.6) is 0 Å². The molecule has 1 aliphatic carbocycles. The van der Waals surface area contributed by atoms with Crippen LogP contribution in [0.4, 0.5) is 0 Å². The molecule has 0 atom stereocenters. The largest absolute Gasteiger partial charge is 0.339 e. The molecule has 0 aromatic carbocycles. The summed E-state index contributed by atoms with van der Waals surface area (Å²) in [7, 11) is 0. The van der Waals surface area contributed by atoms with Crippen LogP contribution in [0.15, 0.2) is 0 Å². The van der Waals surface area contributed by atoms with Crippen molar-refractivity contribution in [2.24, 2.45) is 5.92 Å². The molecule has 0 aromatic rings. The molecule has 0 spiro atoms. The van der Waals surface area contributed by atoms with Crippen LogP contribution in [0.25, 0.3) is 0 Å². The monoisotopic (exact) mass is 260 g/mol. The molecule has 3 nitrogen and oxygen atoms in total. The predicted octanol–water partition coefficient (Wildman–Crippen LogP) is 2.20. The van der Waals surface area contributed by atoms with Gasteiger partial charge < -0.3 is 10.2 Å². The van der Waals surface area contributed by atoms with Crippen molar-refractivity contribution in [1.82, 2.24) is 10.2 Å². The topological polar surface area (TPSA) is 32.3 Å². The molecule has 0 aromatic heterocycles.